The van der Waals surface area contributed by atoms with E-state index in [1.54, 1.807) is 12.1 Å². The average Bonchev–Trinajstić information content (AvgIpc) is 2.74. The molecule has 0 spiro atoms. The molecule has 1 unspecified atom stereocenters. The van der Waals surface area contributed by atoms with Crippen LogP contribution in [0.25, 0.3) is 0 Å². The molecule has 0 radical (unpaired) electrons. The van der Waals surface area contributed by atoms with Crippen LogP contribution in [0, 0.1) is 11.3 Å². The summed E-state index contributed by atoms with van der Waals surface area (Å²) in [4.78, 5) is 11.0. The highest BCUT2D eigenvalue weighted by atomic mass is 16.1. The number of anilines is 2. The smallest absolute Gasteiger partial charge is 0.220 e. The molecule has 1 atom stereocenters. The number of nitrogen functional groups attached to an aromatic ring is 1. The standard InChI is InChI=1S/C12H14N4O/c13-6-8-2-1-3-10(12(8)14)15-7-9-4-5-11(17)16-9/h1-3,9,15H,4-5,7,14H2,(H,16,17). The van der Waals surface area contributed by atoms with E-state index in [-0.39, 0.29) is 11.9 Å². The maximum atomic E-state index is 11.0. The summed E-state index contributed by atoms with van der Waals surface area (Å²) in [6, 6.07) is 7.47. The van der Waals surface area contributed by atoms with Gasteiger partial charge in [-0.3, -0.25) is 4.79 Å². The Kier molecular flexibility index (Phi) is 3.15. The fraction of sp³-hybridized carbons (Fsp3) is 0.333. The average molecular weight is 230 g/mol. The number of hydrogen-bond acceptors (Lipinski definition) is 4. The van der Waals surface area contributed by atoms with E-state index < -0.39 is 0 Å². The van der Waals surface area contributed by atoms with Gasteiger partial charge in [0.25, 0.3) is 0 Å². The lowest BCUT2D eigenvalue weighted by molar-refractivity contribution is -0.119. The predicted molar refractivity (Wildman–Crippen MR) is 65.2 cm³/mol. The fourth-order valence-corrected chi connectivity index (χ4v) is 1.88. The van der Waals surface area contributed by atoms with Gasteiger partial charge in [-0.05, 0) is 18.6 Å². The third kappa shape index (κ3) is 2.48. The summed E-state index contributed by atoms with van der Waals surface area (Å²) in [5, 5.41) is 14.9. The van der Waals surface area contributed by atoms with Gasteiger partial charge in [0, 0.05) is 19.0 Å². The van der Waals surface area contributed by atoms with Crippen molar-refractivity contribution in [3.05, 3.63) is 23.8 Å². The second kappa shape index (κ2) is 4.74. The van der Waals surface area contributed by atoms with Gasteiger partial charge in [-0.2, -0.15) is 5.26 Å². The Balaban J connectivity index is 2.00. The van der Waals surface area contributed by atoms with Crippen LogP contribution in [0.15, 0.2) is 18.2 Å². The highest BCUT2D eigenvalue weighted by molar-refractivity contribution is 5.78. The van der Waals surface area contributed by atoms with E-state index in [1.807, 2.05) is 12.1 Å². The number of nitriles is 1. The molecule has 88 valence electrons. The van der Waals surface area contributed by atoms with Crippen molar-refractivity contribution in [3.8, 4) is 6.07 Å². The molecule has 1 fully saturated rings. The quantitative estimate of drug-likeness (QED) is 0.671. The van der Waals surface area contributed by atoms with E-state index in [0.29, 0.717) is 24.2 Å². The van der Waals surface area contributed by atoms with Crippen molar-refractivity contribution in [2.24, 2.45) is 0 Å². The summed E-state index contributed by atoms with van der Waals surface area (Å²) in [5.74, 6) is 0.0931. The van der Waals surface area contributed by atoms with Crippen LogP contribution in [0.3, 0.4) is 0 Å². The highest BCUT2D eigenvalue weighted by Crippen LogP contribution is 2.22. The molecule has 5 nitrogen and oxygen atoms in total. The van der Waals surface area contributed by atoms with Crippen LogP contribution < -0.4 is 16.4 Å². The Morgan fingerprint density at radius 3 is 3.06 bits per heavy atom. The number of para-hydroxylation sites is 1. The molecule has 1 aliphatic rings. The topological polar surface area (TPSA) is 90.9 Å². The molecule has 2 rings (SSSR count). The summed E-state index contributed by atoms with van der Waals surface area (Å²) >= 11 is 0. The normalized spacial score (nSPS) is 18.5. The molecule has 0 saturated carbocycles. The van der Waals surface area contributed by atoms with E-state index in [0.717, 1.165) is 12.1 Å². The summed E-state index contributed by atoms with van der Waals surface area (Å²) in [6.07, 6.45) is 1.42. The minimum absolute atomic E-state index is 0.0931. The van der Waals surface area contributed by atoms with Crippen LogP contribution in [0.1, 0.15) is 18.4 Å². The van der Waals surface area contributed by atoms with Gasteiger partial charge in [0.2, 0.25) is 5.91 Å². The first-order valence-electron chi connectivity index (χ1n) is 5.52. The zero-order chi connectivity index (χ0) is 12.3. The van der Waals surface area contributed by atoms with Crippen molar-refractivity contribution in [3.63, 3.8) is 0 Å². The molecule has 4 N–H and O–H groups in total. The van der Waals surface area contributed by atoms with Gasteiger partial charge in [0.1, 0.15) is 6.07 Å². The Hall–Kier alpha value is -2.22. The van der Waals surface area contributed by atoms with Crippen LogP contribution in [0.2, 0.25) is 0 Å². The number of carbonyl (C=O) groups excluding carboxylic acids is 1. The zero-order valence-corrected chi connectivity index (χ0v) is 9.36. The predicted octanol–water partition coefficient (Wildman–Crippen LogP) is 0.831. The van der Waals surface area contributed by atoms with Crippen molar-refractivity contribution in [1.82, 2.24) is 5.32 Å². The molecule has 1 amide bonds. The van der Waals surface area contributed by atoms with E-state index in [1.165, 1.54) is 0 Å². The SMILES string of the molecule is N#Cc1cccc(NCC2CCC(=O)N2)c1N. The Morgan fingerprint density at radius 1 is 1.59 bits per heavy atom. The van der Waals surface area contributed by atoms with Crippen molar-refractivity contribution >= 4 is 17.3 Å². The lowest BCUT2D eigenvalue weighted by Gasteiger charge is -2.14. The molecule has 0 aliphatic carbocycles. The van der Waals surface area contributed by atoms with Gasteiger partial charge in [0.05, 0.1) is 16.9 Å². The maximum absolute atomic E-state index is 11.0. The van der Waals surface area contributed by atoms with Gasteiger partial charge in [-0.15, -0.1) is 0 Å². The van der Waals surface area contributed by atoms with E-state index in [9.17, 15) is 4.79 Å². The van der Waals surface area contributed by atoms with Crippen molar-refractivity contribution in [2.45, 2.75) is 18.9 Å². The van der Waals surface area contributed by atoms with Gasteiger partial charge in [0.15, 0.2) is 0 Å². The molecule has 5 heteroatoms. The van der Waals surface area contributed by atoms with E-state index in [2.05, 4.69) is 10.6 Å². The molecular formula is C12H14N4O. The van der Waals surface area contributed by atoms with Gasteiger partial charge >= 0.3 is 0 Å². The van der Waals surface area contributed by atoms with E-state index >= 15 is 0 Å². The highest BCUT2D eigenvalue weighted by Gasteiger charge is 2.20. The summed E-state index contributed by atoms with van der Waals surface area (Å²) < 4.78 is 0. The Morgan fingerprint density at radius 2 is 2.41 bits per heavy atom. The van der Waals surface area contributed by atoms with Gasteiger partial charge in [-0.1, -0.05) is 6.07 Å². The second-order valence-electron chi connectivity index (χ2n) is 4.06. The van der Waals surface area contributed by atoms with Gasteiger partial charge < -0.3 is 16.4 Å². The van der Waals surface area contributed by atoms with Crippen LogP contribution >= 0.6 is 0 Å². The van der Waals surface area contributed by atoms with Crippen LogP contribution in [-0.4, -0.2) is 18.5 Å². The lowest BCUT2D eigenvalue weighted by Crippen LogP contribution is -2.31. The number of rotatable bonds is 3. The fourth-order valence-electron chi connectivity index (χ4n) is 1.88. The van der Waals surface area contributed by atoms with Gasteiger partial charge in [-0.25, -0.2) is 0 Å². The number of nitrogens with zero attached hydrogens (tertiary/aromatic N) is 1. The van der Waals surface area contributed by atoms with Crippen LogP contribution in [0.5, 0.6) is 0 Å². The molecule has 17 heavy (non-hydrogen) atoms. The molecule has 1 aliphatic heterocycles. The molecule has 1 aromatic carbocycles. The van der Waals surface area contributed by atoms with E-state index in [4.69, 9.17) is 11.0 Å². The number of amides is 1. The molecular weight excluding hydrogens is 216 g/mol. The largest absolute Gasteiger partial charge is 0.396 e. The first kappa shape index (κ1) is 11.3. The number of nitrogens with one attached hydrogen (secondary N) is 2. The molecule has 0 bridgehead atoms. The molecule has 0 aromatic heterocycles. The number of hydrogen-bond donors (Lipinski definition) is 3. The summed E-state index contributed by atoms with van der Waals surface area (Å²) in [5.41, 5.74) is 7.50. The first-order valence-corrected chi connectivity index (χ1v) is 5.52. The van der Waals surface area contributed by atoms with Crippen molar-refractivity contribution in [2.75, 3.05) is 17.6 Å². The monoisotopic (exact) mass is 230 g/mol. The number of nitrogens with two attached hydrogens (primary N) is 1. The van der Waals surface area contributed by atoms with Crippen molar-refractivity contribution < 1.29 is 4.79 Å². The first-order chi connectivity index (χ1) is 8.20. The van der Waals surface area contributed by atoms with Crippen LogP contribution in [0.4, 0.5) is 11.4 Å². The summed E-state index contributed by atoms with van der Waals surface area (Å²) in [6.45, 7) is 0.630. The Bertz CT molecular complexity index is 478. The zero-order valence-electron chi connectivity index (χ0n) is 9.36. The minimum Gasteiger partial charge on any atom is -0.396 e. The Labute approximate surface area is 99.6 Å². The maximum Gasteiger partial charge on any atom is 0.220 e. The minimum atomic E-state index is 0.0931. The lowest BCUT2D eigenvalue weighted by atomic mass is 10.1. The van der Waals surface area contributed by atoms with Crippen LogP contribution in [-0.2, 0) is 4.79 Å². The molecule has 1 heterocycles. The third-order valence-corrected chi connectivity index (χ3v) is 2.85. The number of carbonyl (C=O) groups is 1. The second-order valence-corrected chi connectivity index (χ2v) is 4.06. The molecule has 1 saturated heterocycles. The van der Waals surface area contributed by atoms with Crippen molar-refractivity contribution in [1.29, 1.82) is 5.26 Å². The third-order valence-electron chi connectivity index (χ3n) is 2.85. The number of benzene rings is 1. The summed E-state index contributed by atoms with van der Waals surface area (Å²) in [7, 11) is 0. The molecule has 1 aromatic rings.